The molecule has 1 rings (SSSR count). The highest BCUT2D eigenvalue weighted by Gasteiger charge is 2.08. The van der Waals surface area contributed by atoms with Crippen LogP contribution in [0.2, 0.25) is 15.1 Å². The van der Waals surface area contributed by atoms with Crippen LogP contribution in [-0.4, -0.2) is 6.61 Å². The molecule has 1 unspecified atom stereocenters. The van der Waals surface area contributed by atoms with Crippen molar-refractivity contribution in [3.63, 3.8) is 0 Å². The van der Waals surface area contributed by atoms with Crippen LogP contribution in [0.15, 0.2) is 12.1 Å². The van der Waals surface area contributed by atoms with Crippen LogP contribution in [0.25, 0.3) is 0 Å². The molecular formula is C11H13Cl3O. The molecule has 84 valence electrons. The van der Waals surface area contributed by atoms with Crippen LogP contribution in [0.1, 0.15) is 28.9 Å². The zero-order chi connectivity index (χ0) is 12.8. The lowest BCUT2D eigenvalue weighted by Gasteiger charge is -2.09. The van der Waals surface area contributed by atoms with Gasteiger partial charge in [-0.05, 0) is 18.6 Å². The van der Waals surface area contributed by atoms with Crippen molar-refractivity contribution in [2.24, 2.45) is 0 Å². The van der Waals surface area contributed by atoms with E-state index >= 15 is 0 Å². The standard InChI is InChI=1S/C11H13Cl3O/c1-2-3-4-5-15-11-9(13)6-8(12)7-10(11)14/h6-7H,2-5H2,1H3/i1D,2D. The summed E-state index contributed by atoms with van der Waals surface area (Å²) >= 11 is 17.7. The molecule has 0 saturated heterocycles. The van der Waals surface area contributed by atoms with Crippen LogP contribution in [0.3, 0.4) is 0 Å². The molecule has 0 aromatic heterocycles. The fraction of sp³-hybridized carbons (Fsp3) is 0.455. The van der Waals surface area contributed by atoms with Crippen LogP contribution in [-0.2, 0) is 0 Å². The van der Waals surface area contributed by atoms with Crippen molar-refractivity contribution in [3.8, 4) is 5.75 Å². The second-order valence-electron chi connectivity index (χ2n) is 2.98. The van der Waals surface area contributed by atoms with Gasteiger partial charge in [0, 0.05) is 7.76 Å². The van der Waals surface area contributed by atoms with Gasteiger partial charge in [0.05, 0.1) is 16.7 Å². The molecular weight excluding hydrogens is 254 g/mol. The minimum absolute atomic E-state index is 0.114. The van der Waals surface area contributed by atoms with E-state index in [1.807, 2.05) is 0 Å². The van der Waals surface area contributed by atoms with Gasteiger partial charge in [-0.2, -0.15) is 0 Å². The molecule has 15 heavy (non-hydrogen) atoms. The first-order valence-corrected chi connectivity index (χ1v) is 5.66. The van der Waals surface area contributed by atoms with Crippen LogP contribution >= 0.6 is 34.8 Å². The molecule has 1 aromatic carbocycles. The number of benzene rings is 1. The van der Waals surface area contributed by atoms with E-state index < -0.39 is 0 Å². The fourth-order valence-electron chi connectivity index (χ4n) is 1.07. The van der Waals surface area contributed by atoms with Gasteiger partial charge in [-0.25, -0.2) is 0 Å². The third-order valence-corrected chi connectivity index (χ3v) is 2.54. The van der Waals surface area contributed by atoms with E-state index in [2.05, 4.69) is 0 Å². The highest BCUT2D eigenvalue weighted by atomic mass is 35.5. The van der Waals surface area contributed by atoms with Crippen molar-refractivity contribution < 1.29 is 7.48 Å². The second kappa shape index (κ2) is 6.47. The summed E-state index contributed by atoms with van der Waals surface area (Å²) in [5, 5.41) is 1.23. The van der Waals surface area contributed by atoms with E-state index in [4.69, 9.17) is 42.3 Å². The van der Waals surface area contributed by atoms with Crippen molar-refractivity contribution in [2.75, 3.05) is 6.61 Å². The Kier molecular flexibility index (Phi) is 4.34. The van der Waals surface area contributed by atoms with Gasteiger partial charge in [-0.15, -0.1) is 0 Å². The highest BCUT2D eigenvalue weighted by molar-refractivity contribution is 6.40. The van der Waals surface area contributed by atoms with Crippen molar-refractivity contribution in [1.29, 1.82) is 0 Å². The number of hydrogen-bond donors (Lipinski definition) is 0. The zero-order valence-electron chi connectivity index (χ0n) is 10.1. The Bertz CT molecular complexity index is 351. The van der Waals surface area contributed by atoms with Gasteiger partial charge in [0.1, 0.15) is 0 Å². The van der Waals surface area contributed by atoms with E-state index in [9.17, 15) is 0 Å². The van der Waals surface area contributed by atoms with Gasteiger partial charge in [0.25, 0.3) is 0 Å². The van der Waals surface area contributed by atoms with Gasteiger partial charge < -0.3 is 4.74 Å². The largest absolute Gasteiger partial charge is 0.490 e. The smallest absolute Gasteiger partial charge is 0.156 e. The normalized spacial score (nSPS) is 14.3. The summed E-state index contributed by atoms with van der Waals surface area (Å²) in [5.74, 6) is 0.421. The summed E-state index contributed by atoms with van der Waals surface area (Å²) in [5.41, 5.74) is 0. The Labute approximate surface area is 108 Å². The minimum atomic E-state index is -0.352. The highest BCUT2D eigenvalue weighted by Crippen LogP contribution is 2.35. The quantitative estimate of drug-likeness (QED) is 0.666. The minimum Gasteiger partial charge on any atom is -0.490 e. The summed E-state index contributed by atoms with van der Waals surface area (Å²) in [6.07, 6.45) is 0.976. The van der Waals surface area contributed by atoms with E-state index in [-0.39, 0.29) is 13.3 Å². The van der Waals surface area contributed by atoms with E-state index in [0.717, 1.165) is 0 Å². The summed E-state index contributed by atoms with van der Waals surface area (Å²) in [4.78, 5) is 0. The third-order valence-electron chi connectivity index (χ3n) is 1.76. The average molecular weight is 270 g/mol. The lowest BCUT2D eigenvalue weighted by molar-refractivity contribution is 0.306. The molecule has 1 nitrogen and oxygen atoms in total. The van der Waals surface area contributed by atoms with Crippen LogP contribution in [0.5, 0.6) is 5.75 Å². The molecule has 0 aliphatic rings. The summed E-state index contributed by atoms with van der Waals surface area (Å²) < 4.78 is 19.9. The monoisotopic (exact) mass is 268 g/mol. The summed E-state index contributed by atoms with van der Waals surface area (Å²) in [7, 11) is 0. The molecule has 0 heterocycles. The maximum atomic E-state index is 7.40. The first kappa shape index (κ1) is 10.1. The van der Waals surface area contributed by atoms with Crippen molar-refractivity contribution in [1.82, 2.24) is 0 Å². The average Bonchev–Trinajstić information content (AvgIpc) is 2.26. The molecule has 1 aromatic rings. The Balaban J connectivity index is 2.47. The first-order chi connectivity index (χ1) is 8.04. The van der Waals surface area contributed by atoms with Gasteiger partial charge in [0.2, 0.25) is 0 Å². The number of ether oxygens (including phenoxy) is 1. The van der Waals surface area contributed by atoms with Crippen LogP contribution in [0, 0.1) is 0 Å². The molecule has 0 saturated carbocycles. The molecule has 0 N–H and O–H groups in total. The zero-order valence-corrected chi connectivity index (χ0v) is 10.4. The van der Waals surface area contributed by atoms with E-state index in [1.165, 1.54) is 0 Å². The summed E-state index contributed by atoms with van der Waals surface area (Å²) in [6, 6.07) is 3.14. The third kappa shape index (κ3) is 4.10. The topological polar surface area (TPSA) is 9.23 Å². The molecule has 4 heteroatoms. The molecule has 0 bridgehead atoms. The number of rotatable bonds is 5. The molecule has 0 radical (unpaired) electrons. The molecule has 0 fully saturated rings. The first-order valence-electron chi connectivity index (χ1n) is 5.82. The Morgan fingerprint density at radius 2 is 1.93 bits per heavy atom. The molecule has 0 spiro atoms. The number of halogens is 3. The van der Waals surface area contributed by atoms with Crippen molar-refractivity contribution in [2.45, 2.75) is 26.1 Å². The second-order valence-corrected chi connectivity index (χ2v) is 4.23. The SMILES string of the molecule is [2H]CC([2H])CCCOc1c(Cl)cc(Cl)cc1Cl. The Morgan fingerprint density at radius 1 is 1.27 bits per heavy atom. The molecule has 0 amide bonds. The predicted octanol–water partition coefficient (Wildman–Crippen LogP) is 5.22. The molecule has 0 aliphatic heterocycles. The molecule has 0 aliphatic carbocycles. The maximum absolute atomic E-state index is 7.40. The fourth-order valence-corrected chi connectivity index (χ4v) is 1.99. The van der Waals surface area contributed by atoms with Crippen molar-refractivity contribution >= 4 is 34.8 Å². The lowest BCUT2D eigenvalue weighted by Crippen LogP contribution is -1.98. The van der Waals surface area contributed by atoms with E-state index in [1.54, 1.807) is 12.1 Å². The number of hydrogen-bond acceptors (Lipinski definition) is 1. The van der Waals surface area contributed by atoms with Gasteiger partial charge in [0.15, 0.2) is 5.75 Å². The Morgan fingerprint density at radius 3 is 2.53 bits per heavy atom. The van der Waals surface area contributed by atoms with E-state index in [0.29, 0.717) is 40.3 Å². The van der Waals surface area contributed by atoms with Crippen LogP contribution < -0.4 is 4.74 Å². The Hall–Kier alpha value is -0.110. The van der Waals surface area contributed by atoms with Crippen LogP contribution in [0.4, 0.5) is 0 Å². The predicted molar refractivity (Wildman–Crippen MR) is 66.5 cm³/mol. The van der Waals surface area contributed by atoms with Gasteiger partial charge >= 0.3 is 0 Å². The van der Waals surface area contributed by atoms with Crippen molar-refractivity contribution in [3.05, 3.63) is 27.2 Å². The summed E-state index contributed by atoms with van der Waals surface area (Å²) in [6.45, 7) is 0.541. The van der Waals surface area contributed by atoms with Gasteiger partial charge in [-0.1, -0.05) is 54.5 Å². The maximum Gasteiger partial charge on any atom is 0.156 e. The molecule has 1 atom stereocenters. The lowest BCUT2D eigenvalue weighted by atomic mass is 10.3. The van der Waals surface area contributed by atoms with Gasteiger partial charge in [-0.3, -0.25) is 0 Å².